The van der Waals surface area contributed by atoms with E-state index < -0.39 is 35.7 Å². The number of carbonyl (C=O) groups excluding carboxylic acids is 6. The molecule has 6 amide bonds. The van der Waals surface area contributed by atoms with Crippen LogP contribution in [0.3, 0.4) is 0 Å². The number of hydrogen-bond donors (Lipinski definition) is 6. The second-order valence-electron chi connectivity index (χ2n) is 10.5. The molecular formula is C32H44N6O6. The minimum Gasteiger partial charge on any atom is -0.370 e. The molecule has 12 heteroatoms. The zero-order chi connectivity index (χ0) is 32.2. The predicted molar refractivity (Wildman–Crippen MR) is 165 cm³/mol. The van der Waals surface area contributed by atoms with E-state index in [4.69, 9.17) is 11.5 Å². The van der Waals surface area contributed by atoms with Gasteiger partial charge in [0.1, 0.15) is 12.1 Å². The maximum absolute atomic E-state index is 12.5. The highest BCUT2D eigenvalue weighted by atomic mass is 16.2. The molecule has 2 aromatic rings. The van der Waals surface area contributed by atoms with Crippen LogP contribution in [-0.4, -0.2) is 60.6 Å². The molecule has 0 aliphatic carbocycles. The van der Waals surface area contributed by atoms with Crippen molar-refractivity contribution in [2.75, 3.05) is 13.1 Å². The summed E-state index contributed by atoms with van der Waals surface area (Å²) in [7, 11) is 0. The quantitative estimate of drug-likeness (QED) is 0.113. The van der Waals surface area contributed by atoms with E-state index in [2.05, 4.69) is 21.3 Å². The zero-order valence-electron chi connectivity index (χ0n) is 25.0. The average molecular weight is 609 g/mol. The molecule has 0 aliphatic rings. The molecule has 238 valence electrons. The van der Waals surface area contributed by atoms with Crippen molar-refractivity contribution in [1.82, 2.24) is 21.3 Å². The molecule has 0 aromatic heterocycles. The highest BCUT2D eigenvalue weighted by Crippen LogP contribution is 2.07. The summed E-state index contributed by atoms with van der Waals surface area (Å²) in [6, 6.07) is 17.1. The van der Waals surface area contributed by atoms with E-state index in [0.717, 1.165) is 11.1 Å². The fourth-order valence-corrected chi connectivity index (χ4v) is 4.47. The molecule has 2 rings (SSSR count). The minimum atomic E-state index is -1.05. The Kier molecular flexibility index (Phi) is 16.3. The van der Waals surface area contributed by atoms with Gasteiger partial charge in [0.15, 0.2) is 0 Å². The summed E-state index contributed by atoms with van der Waals surface area (Å²) < 4.78 is 0. The van der Waals surface area contributed by atoms with Crippen molar-refractivity contribution < 1.29 is 28.8 Å². The molecule has 1 unspecified atom stereocenters. The van der Waals surface area contributed by atoms with Crippen LogP contribution in [-0.2, 0) is 41.6 Å². The van der Waals surface area contributed by atoms with Gasteiger partial charge in [-0.3, -0.25) is 28.8 Å². The molecule has 0 saturated carbocycles. The summed E-state index contributed by atoms with van der Waals surface area (Å²) in [4.78, 5) is 72.8. The number of hydrogen-bond acceptors (Lipinski definition) is 6. The van der Waals surface area contributed by atoms with Crippen LogP contribution in [0.4, 0.5) is 0 Å². The molecular weight excluding hydrogens is 564 g/mol. The summed E-state index contributed by atoms with van der Waals surface area (Å²) >= 11 is 0. The Morgan fingerprint density at radius 1 is 0.545 bits per heavy atom. The van der Waals surface area contributed by atoms with Crippen LogP contribution in [0, 0.1) is 0 Å². The van der Waals surface area contributed by atoms with Crippen LogP contribution in [0.2, 0.25) is 0 Å². The monoisotopic (exact) mass is 608 g/mol. The lowest BCUT2D eigenvalue weighted by atomic mass is 10.1. The molecule has 0 bridgehead atoms. The second-order valence-corrected chi connectivity index (χ2v) is 10.5. The fourth-order valence-electron chi connectivity index (χ4n) is 4.47. The molecule has 0 radical (unpaired) electrons. The maximum atomic E-state index is 12.5. The SMILES string of the molecule is NC(=O)CC(NC(=O)CCCCCCC(=O)N[C@H](CC(N)=O)C(=O)NCCc1ccccc1)C(=O)NCCc1ccccc1. The van der Waals surface area contributed by atoms with E-state index >= 15 is 0 Å². The average Bonchev–Trinajstić information content (AvgIpc) is 2.98. The van der Waals surface area contributed by atoms with E-state index in [9.17, 15) is 28.8 Å². The topological polar surface area (TPSA) is 203 Å². The van der Waals surface area contributed by atoms with Crippen molar-refractivity contribution in [3.8, 4) is 0 Å². The summed E-state index contributed by atoms with van der Waals surface area (Å²) in [6.45, 7) is 0.702. The largest absolute Gasteiger partial charge is 0.370 e. The fraction of sp³-hybridized carbons (Fsp3) is 0.438. The molecule has 0 saturated heterocycles. The number of unbranched alkanes of at least 4 members (excludes halogenated alkanes) is 3. The Hall–Kier alpha value is -4.74. The number of rotatable bonds is 21. The molecule has 2 aromatic carbocycles. The first-order chi connectivity index (χ1) is 21.1. The standard InChI is InChI=1S/C32H44N6O6/c33-27(39)21-25(31(43)35-19-17-23-11-5-3-6-12-23)37-29(41)15-9-1-2-10-16-30(42)38-26(22-28(34)40)32(44)36-20-18-24-13-7-4-8-14-24/h3-8,11-14,25-26H,1-2,9-10,15-22H2,(H2,33,39)(H2,34,40)(H,35,43)(H,36,44)(H,37,41)(H,38,42)/t25-,26?/m1/s1. The Bertz CT molecular complexity index is 1130. The van der Waals surface area contributed by atoms with Gasteiger partial charge in [0.25, 0.3) is 0 Å². The van der Waals surface area contributed by atoms with E-state index in [1.54, 1.807) is 0 Å². The van der Waals surface area contributed by atoms with Crippen molar-refractivity contribution in [3.05, 3.63) is 71.8 Å². The summed E-state index contributed by atoms with van der Waals surface area (Å²) in [5.41, 5.74) is 12.6. The Balaban J connectivity index is 1.65. The number of nitrogens with one attached hydrogen (secondary N) is 4. The molecule has 8 N–H and O–H groups in total. The molecule has 0 fully saturated rings. The van der Waals surface area contributed by atoms with Crippen LogP contribution >= 0.6 is 0 Å². The summed E-state index contributed by atoms with van der Waals surface area (Å²) in [6.07, 6.45) is 3.21. The van der Waals surface area contributed by atoms with Crippen LogP contribution < -0.4 is 32.7 Å². The van der Waals surface area contributed by atoms with Crippen molar-refractivity contribution in [3.63, 3.8) is 0 Å². The van der Waals surface area contributed by atoms with Gasteiger partial charge in [-0.2, -0.15) is 0 Å². The molecule has 0 heterocycles. The maximum Gasteiger partial charge on any atom is 0.243 e. The summed E-state index contributed by atoms with van der Waals surface area (Å²) in [5.74, 6) is -3.10. The van der Waals surface area contributed by atoms with E-state index in [1.807, 2.05) is 60.7 Å². The van der Waals surface area contributed by atoms with E-state index in [0.29, 0.717) is 51.6 Å². The normalized spacial score (nSPS) is 11.9. The number of amides is 6. The minimum absolute atomic E-state index is 0.141. The van der Waals surface area contributed by atoms with Gasteiger partial charge in [-0.15, -0.1) is 0 Å². The van der Waals surface area contributed by atoms with Crippen molar-refractivity contribution in [2.24, 2.45) is 11.5 Å². The van der Waals surface area contributed by atoms with Crippen molar-refractivity contribution in [1.29, 1.82) is 0 Å². The van der Waals surface area contributed by atoms with Gasteiger partial charge in [-0.25, -0.2) is 0 Å². The van der Waals surface area contributed by atoms with Crippen LogP contribution in [0.1, 0.15) is 62.5 Å². The van der Waals surface area contributed by atoms with Crippen LogP contribution in [0.25, 0.3) is 0 Å². The third-order valence-electron chi connectivity index (χ3n) is 6.78. The van der Waals surface area contributed by atoms with Crippen LogP contribution in [0.5, 0.6) is 0 Å². The Labute approximate surface area is 258 Å². The molecule has 12 nitrogen and oxygen atoms in total. The second kappa shape index (κ2) is 20.2. The van der Waals surface area contributed by atoms with Gasteiger partial charge in [0.05, 0.1) is 12.8 Å². The number of primary amides is 2. The first kappa shape index (κ1) is 35.5. The first-order valence-electron chi connectivity index (χ1n) is 14.9. The number of nitrogens with two attached hydrogens (primary N) is 2. The Morgan fingerprint density at radius 3 is 1.25 bits per heavy atom. The lowest BCUT2D eigenvalue weighted by Gasteiger charge is -2.17. The number of benzene rings is 2. The summed E-state index contributed by atoms with van der Waals surface area (Å²) in [5, 5.41) is 10.6. The van der Waals surface area contributed by atoms with E-state index in [1.165, 1.54) is 0 Å². The third kappa shape index (κ3) is 15.5. The molecule has 2 atom stereocenters. The van der Waals surface area contributed by atoms with Gasteiger partial charge in [-0.1, -0.05) is 73.5 Å². The van der Waals surface area contributed by atoms with Crippen molar-refractivity contribution >= 4 is 35.4 Å². The van der Waals surface area contributed by atoms with Gasteiger partial charge < -0.3 is 32.7 Å². The smallest absolute Gasteiger partial charge is 0.243 e. The highest BCUT2D eigenvalue weighted by Gasteiger charge is 2.23. The van der Waals surface area contributed by atoms with Gasteiger partial charge in [0.2, 0.25) is 35.4 Å². The lowest BCUT2D eigenvalue weighted by Crippen LogP contribution is -2.49. The van der Waals surface area contributed by atoms with Crippen LogP contribution in [0.15, 0.2) is 60.7 Å². The van der Waals surface area contributed by atoms with Gasteiger partial charge in [0, 0.05) is 25.9 Å². The molecule has 44 heavy (non-hydrogen) atoms. The highest BCUT2D eigenvalue weighted by molar-refractivity contribution is 5.92. The number of carbonyl (C=O) groups is 6. The third-order valence-corrected chi connectivity index (χ3v) is 6.78. The molecule has 0 spiro atoms. The van der Waals surface area contributed by atoms with Gasteiger partial charge in [-0.05, 0) is 36.8 Å². The zero-order valence-corrected chi connectivity index (χ0v) is 25.0. The van der Waals surface area contributed by atoms with Crippen molar-refractivity contribution in [2.45, 2.75) is 76.3 Å². The first-order valence-corrected chi connectivity index (χ1v) is 14.9. The predicted octanol–water partition coefficient (Wildman–Crippen LogP) is 0.765. The Morgan fingerprint density at radius 2 is 0.909 bits per heavy atom. The lowest BCUT2D eigenvalue weighted by molar-refractivity contribution is -0.131. The van der Waals surface area contributed by atoms with E-state index in [-0.39, 0.29) is 37.5 Å². The van der Waals surface area contributed by atoms with Gasteiger partial charge >= 0.3 is 0 Å². The molecule has 0 aliphatic heterocycles.